The monoisotopic (exact) mass is 222 g/mol. The van der Waals surface area contributed by atoms with E-state index < -0.39 is 12.1 Å². The Morgan fingerprint density at radius 2 is 2.25 bits per heavy atom. The molecule has 0 saturated heterocycles. The molecule has 2 heterocycles. The molecule has 1 N–H and O–H groups in total. The SMILES string of the molecule is Cc1nnc2ccc(OC(C)C(=O)O)nn12. The third-order valence-corrected chi connectivity index (χ3v) is 2.04. The van der Waals surface area contributed by atoms with E-state index in [9.17, 15) is 4.79 Å². The van der Waals surface area contributed by atoms with Gasteiger partial charge < -0.3 is 9.84 Å². The van der Waals surface area contributed by atoms with Gasteiger partial charge in [0.05, 0.1) is 0 Å². The molecule has 0 amide bonds. The van der Waals surface area contributed by atoms with Gasteiger partial charge in [0, 0.05) is 6.07 Å². The van der Waals surface area contributed by atoms with Gasteiger partial charge >= 0.3 is 5.97 Å². The molecule has 0 fully saturated rings. The lowest BCUT2D eigenvalue weighted by molar-refractivity contribution is -0.144. The molecule has 2 rings (SSSR count). The molecule has 0 bridgehead atoms. The molecule has 0 aliphatic rings. The maximum Gasteiger partial charge on any atom is 0.344 e. The lowest BCUT2D eigenvalue weighted by Gasteiger charge is -2.08. The summed E-state index contributed by atoms with van der Waals surface area (Å²) in [4.78, 5) is 10.6. The summed E-state index contributed by atoms with van der Waals surface area (Å²) in [5.74, 6) is -0.198. The minimum absolute atomic E-state index is 0.227. The van der Waals surface area contributed by atoms with Crippen molar-refractivity contribution in [1.29, 1.82) is 0 Å². The highest BCUT2D eigenvalue weighted by molar-refractivity contribution is 5.72. The first-order valence-corrected chi connectivity index (χ1v) is 4.66. The maximum atomic E-state index is 10.6. The molecule has 0 aliphatic heterocycles. The summed E-state index contributed by atoms with van der Waals surface area (Å²) in [6.07, 6.45) is -0.943. The number of carboxylic acid groups (broad SMARTS) is 1. The standard InChI is InChI=1S/C9H10N4O3/c1-5(9(14)15)16-8-4-3-7-11-10-6(2)13(7)12-8/h3-5H,1-2H3,(H,14,15). The molecule has 0 aliphatic carbocycles. The Balaban J connectivity index is 2.32. The van der Waals surface area contributed by atoms with Crippen LogP contribution in [0.4, 0.5) is 0 Å². The number of carbonyl (C=O) groups is 1. The van der Waals surface area contributed by atoms with E-state index in [4.69, 9.17) is 9.84 Å². The molecule has 1 unspecified atom stereocenters. The van der Waals surface area contributed by atoms with Gasteiger partial charge in [0.15, 0.2) is 17.6 Å². The van der Waals surface area contributed by atoms with E-state index in [-0.39, 0.29) is 5.88 Å². The van der Waals surface area contributed by atoms with E-state index in [1.54, 1.807) is 19.1 Å². The summed E-state index contributed by atoms with van der Waals surface area (Å²) in [6, 6.07) is 3.22. The highest BCUT2D eigenvalue weighted by Crippen LogP contribution is 2.10. The number of hydrogen-bond acceptors (Lipinski definition) is 5. The van der Waals surface area contributed by atoms with Crippen LogP contribution in [0.25, 0.3) is 5.65 Å². The molecular formula is C9H10N4O3. The number of carboxylic acids is 1. The summed E-state index contributed by atoms with van der Waals surface area (Å²) in [7, 11) is 0. The van der Waals surface area contributed by atoms with Crippen LogP contribution in [0.2, 0.25) is 0 Å². The van der Waals surface area contributed by atoms with Gasteiger partial charge in [-0.3, -0.25) is 0 Å². The highest BCUT2D eigenvalue weighted by atomic mass is 16.5. The minimum Gasteiger partial charge on any atom is -0.479 e. The zero-order valence-corrected chi connectivity index (χ0v) is 8.78. The van der Waals surface area contributed by atoms with Crippen LogP contribution < -0.4 is 4.74 Å². The fourth-order valence-electron chi connectivity index (χ4n) is 1.17. The van der Waals surface area contributed by atoms with Gasteiger partial charge in [-0.1, -0.05) is 0 Å². The predicted molar refractivity (Wildman–Crippen MR) is 53.2 cm³/mol. The minimum atomic E-state index is -1.04. The molecule has 16 heavy (non-hydrogen) atoms. The first kappa shape index (κ1) is 10.3. The van der Waals surface area contributed by atoms with Crippen LogP contribution in [0.1, 0.15) is 12.7 Å². The molecule has 7 nitrogen and oxygen atoms in total. The first-order valence-electron chi connectivity index (χ1n) is 4.66. The van der Waals surface area contributed by atoms with Crippen LogP contribution in [0.15, 0.2) is 12.1 Å². The molecule has 1 atom stereocenters. The summed E-state index contributed by atoms with van der Waals surface area (Å²) < 4.78 is 6.61. The Labute approximate surface area is 90.7 Å². The zero-order valence-electron chi connectivity index (χ0n) is 8.78. The zero-order chi connectivity index (χ0) is 11.7. The first-order chi connectivity index (χ1) is 7.58. The Kier molecular flexibility index (Phi) is 2.43. The van der Waals surface area contributed by atoms with Crippen molar-refractivity contribution in [2.45, 2.75) is 20.0 Å². The number of aryl methyl sites for hydroxylation is 1. The van der Waals surface area contributed by atoms with Gasteiger partial charge in [0.25, 0.3) is 0 Å². The van der Waals surface area contributed by atoms with E-state index in [1.807, 2.05) is 0 Å². The molecule has 0 saturated carbocycles. The van der Waals surface area contributed by atoms with Gasteiger partial charge in [0.2, 0.25) is 5.88 Å². The van der Waals surface area contributed by atoms with Gasteiger partial charge in [0.1, 0.15) is 0 Å². The summed E-state index contributed by atoms with van der Waals surface area (Å²) in [5.41, 5.74) is 0.591. The predicted octanol–water partition coefficient (Wildman–Crippen LogP) is 0.285. The molecule has 0 radical (unpaired) electrons. The summed E-state index contributed by atoms with van der Waals surface area (Å²) >= 11 is 0. The number of hydrogen-bond donors (Lipinski definition) is 1. The van der Waals surface area contributed by atoms with E-state index in [0.29, 0.717) is 11.5 Å². The van der Waals surface area contributed by atoms with Crippen molar-refractivity contribution in [3.8, 4) is 5.88 Å². The van der Waals surface area contributed by atoms with Crippen molar-refractivity contribution in [3.63, 3.8) is 0 Å². The normalized spacial score (nSPS) is 12.6. The van der Waals surface area contributed by atoms with Crippen molar-refractivity contribution in [3.05, 3.63) is 18.0 Å². The fourth-order valence-corrected chi connectivity index (χ4v) is 1.17. The molecule has 2 aromatic rings. The van der Waals surface area contributed by atoms with Crippen LogP contribution in [0.5, 0.6) is 5.88 Å². The Morgan fingerprint density at radius 3 is 2.94 bits per heavy atom. The number of aromatic nitrogens is 4. The van der Waals surface area contributed by atoms with E-state index >= 15 is 0 Å². The second-order valence-electron chi connectivity index (χ2n) is 3.29. The lowest BCUT2D eigenvalue weighted by Crippen LogP contribution is -2.23. The van der Waals surface area contributed by atoms with Gasteiger partial charge in [-0.25, -0.2) is 4.79 Å². The topological polar surface area (TPSA) is 89.6 Å². The van der Waals surface area contributed by atoms with Gasteiger partial charge in [-0.2, -0.15) is 4.52 Å². The Bertz CT molecular complexity index is 537. The van der Waals surface area contributed by atoms with Crippen LogP contribution in [0.3, 0.4) is 0 Å². The molecule has 0 aromatic carbocycles. The molecule has 84 valence electrons. The van der Waals surface area contributed by atoms with Crippen LogP contribution in [-0.4, -0.2) is 37.0 Å². The Morgan fingerprint density at radius 1 is 1.50 bits per heavy atom. The highest BCUT2D eigenvalue weighted by Gasteiger charge is 2.14. The number of aliphatic carboxylic acids is 1. The number of ether oxygens (including phenoxy) is 1. The van der Waals surface area contributed by atoms with E-state index in [0.717, 1.165) is 0 Å². The van der Waals surface area contributed by atoms with Crippen molar-refractivity contribution in [1.82, 2.24) is 19.8 Å². The van der Waals surface area contributed by atoms with Crippen LogP contribution >= 0.6 is 0 Å². The molecule has 0 spiro atoms. The van der Waals surface area contributed by atoms with Crippen molar-refractivity contribution in [2.24, 2.45) is 0 Å². The average Bonchev–Trinajstić information content (AvgIpc) is 2.60. The fraction of sp³-hybridized carbons (Fsp3) is 0.333. The Hall–Kier alpha value is -2.18. The van der Waals surface area contributed by atoms with E-state index in [1.165, 1.54) is 11.4 Å². The quantitative estimate of drug-likeness (QED) is 0.802. The summed E-state index contributed by atoms with van der Waals surface area (Å²) in [6.45, 7) is 3.19. The third-order valence-electron chi connectivity index (χ3n) is 2.04. The number of fused-ring (bicyclic) bond motifs is 1. The second-order valence-corrected chi connectivity index (χ2v) is 3.29. The number of nitrogens with zero attached hydrogens (tertiary/aromatic N) is 4. The average molecular weight is 222 g/mol. The van der Waals surface area contributed by atoms with Crippen molar-refractivity contribution < 1.29 is 14.6 Å². The second kappa shape index (κ2) is 3.76. The maximum absolute atomic E-state index is 10.6. The third kappa shape index (κ3) is 1.79. The largest absolute Gasteiger partial charge is 0.479 e. The summed E-state index contributed by atoms with van der Waals surface area (Å²) in [5, 5.41) is 20.4. The van der Waals surface area contributed by atoms with Crippen LogP contribution in [-0.2, 0) is 4.79 Å². The van der Waals surface area contributed by atoms with Crippen LogP contribution in [0, 0.1) is 6.92 Å². The van der Waals surface area contributed by atoms with Gasteiger partial charge in [-0.15, -0.1) is 15.3 Å². The molecule has 2 aromatic heterocycles. The molecule has 7 heteroatoms. The lowest BCUT2D eigenvalue weighted by atomic mass is 10.4. The van der Waals surface area contributed by atoms with Crippen molar-refractivity contribution in [2.75, 3.05) is 0 Å². The van der Waals surface area contributed by atoms with E-state index in [2.05, 4.69) is 15.3 Å². The van der Waals surface area contributed by atoms with Crippen molar-refractivity contribution >= 4 is 11.6 Å². The smallest absolute Gasteiger partial charge is 0.344 e. The number of rotatable bonds is 3. The molecular weight excluding hydrogens is 212 g/mol. The van der Waals surface area contributed by atoms with Gasteiger partial charge in [-0.05, 0) is 19.9 Å².